The summed E-state index contributed by atoms with van der Waals surface area (Å²) in [7, 11) is 0. The maximum atomic E-state index is 12.8. The van der Waals surface area contributed by atoms with Gasteiger partial charge in [-0.25, -0.2) is 0 Å². The summed E-state index contributed by atoms with van der Waals surface area (Å²) in [6.07, 6.45) is 74.7. The van der Waals surface area contributed by atoms with Crippen LogP contribution in [-0.4, -0.2) is 37.2 Å². The van der Waals surface area contributed by atoms with Crippen LogP contribution in [0.5, 0.6) is 0 Å². The highest BCUT2D eigenvalue weighted by molar-refractivity contribution is 5.71. The van der Waals surface area contributed by atoms with E-state index < -0.39 is 6.10 Å². The first kappa shape index (κ1) is 65.6. The van der Waals surface area contributed by atoms with Crippen molar-refractivity contribution in [2.24, 2.45) is 0 Å². The molecule has 0 aromatic carbocycles. The van der Waals surface area contributed by atoms with Gasteiger partial charge in [-0.2, -0.15) is 0 Å². The number of hydrogen-bond donors (Lipinski definition) is 0. The molecule has 6 heteroatoms. The Morgan fingerprint density at radius 2 is 0.565 bits per heavy atom. The van der Waals surface area contributed by atoms with Gasteiger partial charge in [0.05, 0.1) is 0 Å². The Bertz CT molecular complexity index is 1330. The Morgan fingerprint density at radius 1 is 0.304 bits per heavy atom. The number of ether oxygens (including phenoxy) is 3. The van der Waals surface area contributed by atoms with Gasteiger partial charge in [-0.3, -0.25) is 14.4 Å². The zero-order valence-electron chi connectivity index (χ0n) is 45.3. The average Bonchev–Trinajstić information content (AvgIpc) is 3.35. The highest BCUT2D eigenvalue weighted by Crippen LogP contribution is 2.15. The van der Waals surface area contributed by atoms with Crippen molar-refractivity contribution in [3.05, 3.63) is 85.1 Å². The van der Waals surface area contributed by atoms with E-state index in [-0.39, 0.29) is 31.1 Å². The molecule has 396 valence electrons. The summed E-state index contributed by atoms with van der Waals surface area (Å²) in [4.78, 5) is 37.9. The van der Waals surface area contributed by atoms with Gasteiger partial charge in [0.1, 0.15) is 13.2 Å². The SMILES string of the molecule is CC/C=C\C/C=C\C/C=C\C/C=C\C/C=C\C/C=C\CCCCCCCCCCCCC(=O)OCC(COC(=O)CCCCCCCC)OC(=O)CCCCCCC/C=C\CCCCCCCCC. The van der Waals surface area contributed by atoms with Crippen molar-refractivity contribution >= 4 is 17.9 Å². The van der Waals surface area contributed by atoms with E-state index >= 15 is 0 Å². The van der Waals surface area contributed by atoms with E-state index in [0.29, 0.717) is 19.3 Å². The van der Waals surface area contributed by atoms with E-state index in [1.165, 1.54) is 128 Å². The van der Waals surface area contributed by atoms with Gasteiger partial charge in [0.15, 0.2) is 6.10 Å². The van der Waals surface area contributed by atoms with Crippen molar-refractivity contribution in [2.45, 2.75) is 284 Å². The van der Waals surface area contributed by atoms with Gasteiger partial charge in [-0.05, 0) is 96.3 Å². The summed E-state index contributed by atoms with van der Waals surface area (Å²) >= 11 is 0. The summed E-state index contributed by atoms with van der Waals surface area (Å²) < 4.78 is 16.7. The molecule has 0 heterocycles. The molecule has 69 heavy (non-hydrogen) atoms. The average molecular weight is 962 g/mol. The van der Waals surface area contributed by atoms with Crippen molar-refractivity contribution in [3.8, 4) is 0 Å². The first-order valence-corrected chi connectivity index (χ1v) is 29.1. The third-order valence-corrected chi connectivity index (χ3v) is 12.4. The second kappa shape index (κ2) is 57.2. The van der Waals surface area contributed by atoms with E-state index in [0.717, 1.165) is 109 Å². The fourth-order valence-electron chi connectivity index (χ4n) is 8.03. The van der Waals surface area contributed by atoms with E-state index in [1.807, 2.05) is 0 Å². The molecule has 1 atom stereocenters. The van der Waals surface area contributed by atoms with Gasteiger partial charge in [0.25, 0.3) is 0 Å². The predicted octanol–water partition coefficient (Wildman–Crippen LogP) is 19.5. The van der Waals surface area contributed by atoms with Gasteiger partial charge in [0.2, 0.25) is 0 Å². The number of rotatable bonds is 52. The minimum atomic E-state index is -0.778. The molecular formula is C63H108O6. The van der Waals surface area contributed by atoms with Crippen molar-refractivity contribution in [3.63, 3.8) is 0 Å². The van der Waals surface area contributed by atoms with Crippen LogP contribution in [0.2, 0.25) is 0 Å². The Labute approximate surface area is 426 Å². The zero-order valence-corrected chi connectivity index (χ0v) is 45.3. The first-order chi connectivity index (χ1) is 34.0. The van der Waals surface area contributed by atoms with Crippen molar-refractivity contribution in [1.82, 2.24) is 0 Å². The van der Waals surface area contributed by atoms with E-state index in [4.69, 9.17) is 14.2 Å². The maximum absolute atomic E-state index is 12.8. The van der Waals surface area contributed by atoms with Gasteiger partial charge < -0.3 is 14.2 Å². The smallest absolute Gasteiger partial charge is 0.306 e. The second-order valence-corrected chi connectivity index (χ2v) is 19.2. The molecule has 0 saturated carbocycles. The topological polar surface area (TPSA) is 78.9 Å². The summed E-state index contributed by atoms with van der Waals surface area (Å²) in [6.45, 7) is 6.46. The molecule has 0 aromatic rings. The van der Waals surface area contributed by atoms with Crippen molar-refractivity contribution in [2.75, 3.05) is 13.2 Å². The minimum Gasteiger partial charge on any atom is -0.462 e. The van der Waals surface area contributed by atoms with Crippen LogP contribution in [0.1, 0.15) is 278 Å². The summed E-state index contributed by atoms with van der Waals surface area (Å²) in [5.74, 6) is -0.897. The molecule has 0 amide bonds. The number of unbranched alkanes of at least 4 members (excludes halogenated alkanes) is 27. The van der Waals surface area contributed by atoms with Crippen LogP contribution >= 0.6 is 0 Å². The van der Waals surface area contributed by atoms with Gasteiger partial charge in [-0.1, -0.05) is 247 Å². The zero-order chi connectivity index (χ0) is 50.0. The van der Waals surface area contributed by atoms with Crippen LogP contribution in [-0.2, 0) is 28.6 Å². The summed E-state index contributed by atoms with van der Waals surface area (Å²) in [6, 6.07) is 0. The molecule has 0 aliphatic carbocycles. The van der Waals surface area contributed by atoms with Gasteiger partial charge >= 0.3 is 17.9 Å². The second-order valence-electron chi connectivity index (χ2n) is 19.2. The standard InChI is InChI=1S/C63H108O6/c1-4-7-10-13-16-18-20-22-24-26-27-28-29-30-31-32-33-34-35-36-37-38-40-41-43-45-47-50-53-56-62(65)68-59-60(58-67-61(64)55-52-49-15-12-9-6-3)69-63(66)57-54-51-48-46-44-42-39-25-23-21-19-17-14-11-8-5-2/h7,10,16,18,22,24-25,27-28,30-31,33-34,39,60H,4-6,8-9,11-15,17,19-21,23,26,29,32,35-38,40-59H2,1-3H3/b10-7-,18-16-,24-22-,28-27-,31-30-,34-33-,39-25-. The predicted molar refractivity (Wildman–Crippen MR) is 297 cm³/mol. The molecule has 0 aliphatic rings. The van der Waals surface area contributed by atoms with Gasteiger partial charge in [-0.15, -0.1) is 0 Å². The number of carbonyl (C=O) groups excluding carboxylic acids is 3. The largest absolute Gasteiger partial charge is 0.462 e. The molecular weight excluding hydrogens is 853 g/mol. The fourth-order valence-corrected chi connectivity index (χ4v) is 8.03. The summed E-state index contributed by atoms with van der Waals surface area (Å²) in [5.41, 5.74) is 0. The Hall–Kier alpha value is -3.41. The van der Waals surface area contributed by atoms with E-state index in [9.17, 15) is 14.4 Å². The Morgan fingerprint density at radius 3 is 0.899 bits per heavy atom. The molecule has 0 N–H and O–H groups in total. The quantitative estimate of drug-likeness (QED) is 0.0262. The number of allylic oxidation sites excluding steroid dienone is 14. The third kappa shape index (κ3) is 55.4. The molecule has 0 rings (SSSR count). The van der Waals surface area contributed by atoms with Crippen LogP contribution in [0.25, 0.3) is 0 Å². The van der Waals surface area contributed by atoms with E-state index in [2.05, 4.69) is 106 Å². The molecule has 0 bridgehead atoms. The molecule has 0 fully saturated rings. The van der Waals surface area contributed by atoms with Crippen molar-refractivity contribution < 1.29 is 28.6 Å². The van der Waals surface area contributed by atoms with Crippen LogP contribution < -0.4 is 0 Å². The molecule has 0 aromatic heterocycles. The lowest BCUT2D eigenvalue weighted by molar-refractivity contribution is -0.167. The molecule has 1 unspecified atom stereocenters. The summed E-state index contributed by atoms with van der Waals surface area (Å²) in [5, 5.41) is 0. The lowest BCUT2D eigenvalue weighted by Gasteiger charge is -2.18. The highest BCUT2D eigenvalue weighted by Gasteiger charge is 2.19. The maximum Gasteiger partial charge on any atom is 0.306 e. The highest BCUT2D eigenvalue weighted by atomic mass is 16.6. The number of hydrogen-bond acceptors (Lipinski definition) is 6. The van der Waals surface area contributed by atoms with Crippen molar-refractivity contribution in [1.29, 1.82) is 0 Å². The monoisotopic (exact) mass is 961 g/mol. The molecule has 0 saturated heterocycles. The lowest BCUT2D eigenvalue weighted by Crippen LogP contribution is -2.30. The van der Waals surface area contributed by atoms with Gasteiger partial charge in [0, 0.05) is 19.3 Å². The molecule has 0 spiro atoms. The minimum absolute atomic E-state index is 0.0797. The Kier molecular flexibility index (Phi) is 54.3. The van der Waals surface area contributed by atoms with Crippen LogP contribution in [0.15, 0.2) is 85.1 Å². The fraction of sp³-hybridized carbons (Fsp3) is 0.730. The lowest BCUT2D eigenvalue weighted by atomic mass is 10.1. The van der Waals surface area contributed by atoms with E-state index in [1.54, 1.807) is 0 Å². The Balaban J connectivity index is 4.11. The molecule has 0 radical (unpaired) electrons. The van der Waals surface area contributed by atoms with Crippen LogP contribution in [0, 0.1) is 0 Å². The third-order valence-electron chi connectivity index (χ3n) is 12.4. The van der Waals surface area contributed by atoms with Crippen LogP contribution in [0.3, 0.4) is 0 Å². The molecule has 6 nitrogen and oxygen atoms in total. The number of carbonyl (C=O) groups is 3. The van der Waals surface area contributed by atoms with Crippen LogP contribution in [0.4, 0.5) is 0 Å². The normalized spacial score (nSPS) is 12.7. The molecule has 0 aliphatic heterocycles. The first-order valence-electron chi connectivity index (χ1n) is 29.1. The number of esters is 3.